The van der Waals surface area contributed by atoms with E-state index in [1.807, 2.05) is 18.2 Å². The van der Waals surface area contributed by atoms with Crippen molar-refractivity contribution in [1.82, 2.24) is 10.3 Å². The molecule has 0 unspecified atom stereocenters. The van der Waals surface area contributed by atoms with Crippen LogP contribution in [0.2, 0.25) is 10.0 Å². The van der Waals surface area contributed by atoms with Gasteiger partial charge in [0.25, 0.3) is 0 Å². The highest BCUT2D eigenvalue weighted by molar-refractivity contribution is 6.32. The van der Waals surface area contributed by atoms with Gasteiger partial charge in [-0.15, -0.1) is 0 Å². The predicted octanol–water partition coefficient (Wildman–Crippen LogP) is 5.07. The molecular weight excluding hydrogens is 307 g/mol. The van der Waals surface area contributed by atoms with Crippen LogP contribution in [-0.2, 0) is 6.54 Å². The van der Waals surface area contributed by atoms with E-state index in [-0.39, 0.29) is 5.54 Å². The van der Waals surface area contributed by atoms with Crippen molar-refractivity contribution >= 4 is 23.2 Å². The van der Waals surface area contributed by atoms with E-state index < -0.39 is 0 Å². The van der Waals surface area contributed by atoms with Gasteiger partial charge in [0.2, 0.25) is 0 Å². The van der Waals surface area contributed by atoms with Crippen molar-refractivity contribution in [3.8, 4) is 11.5 Å². The van der Waals surface area contributed by atoms with Gasteiger partial charge in [-0.05, 0) is 38.5 Å². The minimum atomic E-state index is 0.0636. The minimum Gasteiger partial charge on any atom is -0.454 e. The number of hydrogen-bond acceptors (Lipinski definition) is 3. The number of nitrogens with zero attached hydrogens (tertiary/aromatic N) is 1. The Bertz CT molecular complexity index is 624. The summed E-state index contributed by atoms with van der Waals surface area (Å²) in [5.41, 5.74) is 1.17. The first-order valence-corrected chi connectivity index (χ1v) is 7.41. The molecule has 1 aromatic heterocycles. The predicted molar refractivity (Wildman–Crippen MR) is 87.4 cm³/mol. The third kappa shape index (κ3) is 5.20. The first-order valence-electron chi connectivity index (χ1n) is 6.65. The molecule has 0 saturated carbocycles. The fourth-order valence-electron chi connectivity index (χ4n) is 1.68. The first-order chi connectivity index (χ1) is 9.83. The molecule has 0 bridgehead atoms. The first kappa shape index (κ1) is 16.1. The summed E-state index contributed by atoms with van der Waals surface area (Å²) >= 11 is 12.1. The number of halogens is 2. The second-order valence-corrected chi connectivity index (χ2v) is 6.65. The van der Waals surface area contributed by atoms with Gasteiger partial charge in [-0.3, -0.25) is 4.98 Å². The average Bonchev–Trinajstić information content (AvgIpc) is 2.38. The van der Waals surface area contributed by atoms with Crippen molar-refractivity contribution in [2.75, 3.05) is 0 Å². The Balaban J connectivity index is 2.09. The highest BCUT2D eigenvalue weighted by atomic mass is 35.5. The van der Waals surface area contributed by atoms with Crippen LogP contribution in [0.25, 0.3) is 0 Å². The number of benzene rings is 1. The van der Waals surface area contributed by atoms with Crippen molar-refractivity contribution in [2.45, 2.75) is 32.9 Å². The van der Waals surface area contributed by atoms with E-state index in [0.29, 0.717) is 21.5 Å². The molecule has 0 saturated heterocycles. The van der Waals surface area contributed by atoms with E-state index in [2.05, 4.69) is 31.1 Å². The highest BCUT2D eigenvalue weighted by Gasteiger charge is 2.10. The SMILES string of the molecule is CC(C)(C)NCc1ccc(Oc2cncc(Cl)c2)c(Cl)c1. The molecule has 0 radical (unpaired) electrons. The Kier molecular flexibility index (Phi) is 5.09. The van der Waals surface area contributed by atoms with Crippen LogP contribution < -0.4 is 10.1 Å². The van der Waals surface area contributed by atoms with Crippen LogP contribution in [0.15, 0.2) is 36.7 Å². The maximum absolute atomic E-state index is 6.26. The maximum atomic E-state index is 6.26. The van der Waals surface area contributed by atoms with Gasteiger partial charge in [-0.25, -0.2) is 0 Å². The molecule has 0 aliphatic rings. The van der Waals surface area contributed by atoms with Crippen LogP contribution in [0.4, 0.5) is 0 Å². The summed E-state index contributed by atoms with van der Waals surface area (Å²) in [4.78, 5) is 3.97. The molecule has 0 atom stereocenters. The summed E-state index contributed by atoms with van der Waals surface area (Å²) < 4.78 is 5.69. The Labute approximate surface area is 135 Å². The monoisotopic (exact) mass is 324 g/mol. The van der Waals surface area contributed by atoms with Gasteiger partial charge in [0.05, 0.1) is 16.2 Å². The minimum absolute atomic E-state index is 0.0636. The number of nitrogens with one attached hydrogen (secondary N) is 1. The van der Waals surface area contributed by atoms with Crippen molar-refractivity contribution in [3.63, 3.8) is 0 Å². The van der Waals surface area contributed by atoms with E-state index in [1.54, 1.807) is 18.5 Å². The van der Waals surface area contributed by atoms with Crippen LogP contribution in [0, 0.1) is 0 Å². The molecule has 5 heteroatoms. The number of aromatic nitrogens is 1. The van der Waals surface area contributed by atoms with Gasteiger partial charge in [0.1, 0.15) is 11.5 Å². The quantitative estimate of drug-likeness (QED) is 0.852. The van der Waals surface area contributed by atoms with Gasteiger partial charge < -0.3 is 10.1 Å². The lowest BCUT2D eigenvalue weighted by Gasteiger charge is -2.20. The third-order valence-corrected chi connectivity index (χ3v) is 3.23. The highest BCUT2D eigenvalue weighted by Crippen LogP contribution is 2.30. The standard InChI is InChI=1S/C16H18Cl2N2O/c1-16(2,3)20-8-11-4-5-15(14(18)6-11)21-13-7-12(17)9-19-10-13/h4-7,9-10,20H,8H2,1-3H3. The lowest BCUT2D eigenvalue weighted by Crippen LogP contribution is -2.35. The summed E-state index contributed by atoms with van der Waals surface area (Å²) in [5.74, 6) is 1.14. The Hall–Kier alpha value is -1.29. The zero-order valence-corrected chi connectivity index (χ0v) is 13.8. The normalized spacial score (nSPS) is 11.5. The van der Waals surface area contributed by atoms with Gasteiger partial charge in [0, 0.05) is 24.3 Å². The molecule has 0 fully saturated rings. The fourth-order valence-corrected chi connectivity index (χ4v) is 2.09. The summed E-state index contributed by atoms with van der Waals surface area (Å²) in [5, 5.41) is 4.50. The summed E-state index contributed by atoms with van der Waals surface area (Å²) in [6, 6.07) is 7.42. The molecule has 0 amide bonds. The fraction of sp³-hybridized carbons (Fsp3) is 0.312. The molecule has 3 nitrogen and oxygen atoms in total. The Morgan fingerprint density at radius 3 is 2.52 bits per heavy atom. The largest absolute Gasteiger partial charge is 0.454 e. The van der Waals surface area contributed by atoms with Gasteiger partial charge in [-0.1, -0.05) is 29.3 Å². The van der Waals surface area contributed by atoms with E-state index in [9.17, 15) is 0 Å². The topological polar surface area (TPSA) is 34.1 Å². The van der Waals surface area contributed by atoms with Crippen molar-refractivity contribution in [3.05, 3.63) is 52.3 Å². The molecule has 112 valence electrons. The van der Waals surface area contributed by atoms with Crippen molar-refractivity contribution in [2.24, 2.45) is 0 Å². The smallest absolute Gasteiger partial charge is 0.147 e. The molecular formula is C16H18Cl2N2O. The molecule has 1 N–H and O–H groups in total. The number of hydrogen-bond donors (Lipinski definition) is 1. The zero-order chi connectivity index (χ0) is 15.5. The van der Waals surface area contributed by atoms with Gasteiger partial charge in [-0.2, -0.15) is 0 Å². The molecule has 21 heavy (non-hydrogen) atoms. The zero-order valence-electron chi connectivity index (χ0n) is 12.3. The maximum Gasteiger partial charge on any atom is 0.147 e. The lowest BCUT2D eigenvalue weighted by molar-refractivity contribution is 0.424. The summed E-state index contributed by atoms with van der Waals surface area (Å²) in [7, 11) is 0. The van der Waals surface area contributed by atoms with E-state index in [0.717, 1.165) is 12.1 Å². The molecule has 0 aliphatic heterocycles. The van der Waals surface area contributed by atoms with Crippen LogP contribution in [0.1, 0.15) is 26.3 Å². The lowest BCUT2D eigenvalue weighted by atomic mass is 10.1. The van der Waals surface area contributed by atoms with Crippen LogP contribution in [-0.4, -0.2) is 10.5 Å². The number of rotatable bonds is 4. The second kappa shape index (κ2) is 6.65. The molecule has 2 aromatic rings. The number of pyridine rings is 1. The summed E-state index contributed by atoms with van der Waals surface area (Å²) in [6.45, 7) is 7.12. The van der Waals surface area contributed by atoms with Crippen molar-refractivity contribution < 1.29 is 4.74 Å². The molecule has 0 spiro atoms. The van der Waals surface area contributed by atoms with E-state index in [1.165, 1.54) is 0 Å². The van der Waals surface area contributed by atoms with Crippen LogP contribution in [0.3, 0.4) is 0 Å². The van der Waals surface area contributed by atoms with Crippen LogP contribution in [0.5, 0.6) is 11.5 Å². The van der Waals surface area contributed by atoms with E-state index >= 15 is 0 Å². The van der Waals surface area contributed by atoms with Gasteiger partial charge in [0.15, 0.2) is 0 Å². The van der Waals surface area contributed by atoms with Crippen molar-refractivity contribution in [1.29, 1.82) is 0 Å². The molecule has 2 rings (SSSR count). The average molecular weight is 325 g/mol. The third-order valence-electron chi connectivity index (χ3n) is 2.73. The molecule has 1 heterocycles. The second-order valence-electron chi connectivity index (χ2n) is 5.81. The number of ether oxygens (including phenoxy) is 1. The summed E-state index contributed by atoms with van der Waals surface area (Å²) in [6.07, 6.45) is 3.15. The van der Waals surface area contributed by atoms with Gasteiger partial charge >= 0.3 is 0 Å². The van der Waals surface area contributed by atoms with Crippen LogP contribution >= 0.6 is 23.2 Å². The molecule has 1 aromatic carbocycles. The Morgan fingerprint density at radius 2 is 1.90 bits per heavy atom. The van der Waals surface area contributed by atoms with E-state index in [4.69, 9.17) is 27.9 Å². The molecule has 0 aliphatic carbocycles. The Morgan fingerprint density at radius 1 is 1.14 bits per heavy atom.